The van der Waals surface area contributed by atoms with E-state index in [1.54, 1.807) is 0 Å². The zero-order valence-corrected chi connectivity index (χ0v) is 7.39. The van der Waals surface area contributed by atoms with Gasteiger partial charge in [0.05, 0.1) is 0 Å². The van der Waals surface area contributed by atoms with Crippen molar-refractivity contribution in [2.45, 2.75) is 13.8 Å². The molecule has 0 aliphatic carbocycles. The second-order valence-electron chi connectivity index (χ2n) is 1.38. The van der Waals surface area contributed by atoms with Crippen LogP contribution in [0.4, 0.5) is 0 Å². The fourth-order valence-electron chi connectivity index (χ4n) is 0.115. The Morgan fingerprint density at radius 3 is 2.00 bits per heavy atom. The van der Waals surface area contributed by atoms with Gasteiger partial charge in [0.2, 0.25) is 0 Å². The molecule has 0 aliphatic heterocycles. The molecule has 0 fully saturated rings. The molecule has 0 heterocycles. The Hall–Kier alpha value is 0.574. The summed E-state index contributed by atoms with van der Waals surface area (Å²) in [6.07, 6.45) is 2.39. The summed E-state index contributed by atoms with van der Waals surface area (Å²) in [4.78, 5) is 0. The number of nitrogens with zero attached hydrogens (tertiary/aromatic N) is 1. The Morgan fingerprint density at radius 2 is 2.00 bits per heavy atom. The SMILES string of the molecule is CC(C)[C-]=NO.[Y]. The van der Waals surface area contributed by atoms with Crippen LogP contribution in [0.25, 0.3) is 0 Å². The van der Waals surface area contributed by atoms with Crippen LogP contribution in [-0.4, -0.2) is 11.4 Å². The average Bonchev–Trinajstić information content (AvgIpc) is 1.35. The molecule has 0 aromatic carbocycles. The van der Waals surface area contributed by atoms with Crippen LogP contribution in [0.2, 0.25) is 0 Å². The van der Waals surface area contributed by atoms with E-state index in [1.165, 1.54) is 0 Å². The number of hydrogen-bond acceptors (Lipinski definition) is 2. The molecule has 0 aromatic rings. The minimum atomic E-state index is 0. The van der Waals surface area contributed by atoms with Crippen LogP contribution in [-0.2, 0) is 32.7 Å². The van der Waals surface area contributed by atoms with Crippen LogP contribution < -0.4 is 0 Å². The summed E-state index contributed by atoms with van der Waals surface area (Å²) in [5, 5.41) is 10.4. The first-order chi connectivity index (χ1) is 2.77. The molecule has 1 N–H and O–H groups in total. The Kier molecular flexibility index (Phi) is 9.89. The van der Waals surface area contributed by atoms with Gasteiger partial charge in [-0.3, -0.25) is 0 Å². The van der Waals surface area contributed by atoms with E-state index in [9.17, 15) is 0 Å². The zero-order valence-electron chi connectivity index (χ0n) is 4.55. The first-order valence-electron chi connectivity index (χ1n) is 1.87. The van der Waals surface area contributed by atoms with E-state index in [0.717, 1.165) is 0 Å². The van der Waals surface area contributed by atoms with Crippen molar-refractivity contribution in [3.05, 3.63) is 0 Å². The van der Waals surface area contributed by atoms with Crippen molar-refractivity contribution in [3.8, 4) is 0 Å². The monoisotopic (exact) mass is 175 g/mol. The Labute approximate surface area is 68.9 Å². The summed E-state index contributed by atoms with van der Waals surface area (Å²) in [5.74, 6) is 0.231. The second kappa shape index (κ2) is 6.57. The van der Waals surface area contributed by atoms with E-state index in [4.69, 9.17) is 5.21 Å². The van der Waals surface area contributed by atoms with Crippen molar-refractivity contribution in [2.75, 3.05) is 0 Å². The van der Waals surface area contributed by atoms with Gasteiger partial charge < -0.3 is 16.6 Å². The van der Waals surface area contributed by atoms with Crippen LogP contribution in [0.3, 0.4) is 0 Å². The molecule has 0 aliphatic rings. The quantitative estimate of drug-likeness (QED) is 0.274. The van der Waals surface area contributed by atoms with Gasteiger partial charge in [-0.05, 0) is 0 Å². The maximum Gasteiger partial charge on any atom is 0 e. The van der Waals surface area contributed by atoms with Crippen molar-refractivity contribution in [1.29, 1.82) is 0 Å². The zero-order chi connectivity index (χ0) is 4.99. The van der Waals surface area contributed by atoms with Crippen molar-refractivity contribution in [1.82, 2.24) is 0 Å². The van der Waals surface area contributed by atoms with Gasteiger partial charge in [-0.1, -0.05) is 13.8 Å². The molecule has 0 bridgehead atoms. The van der Waals surface area contributed by atoms with E-state index in [-0.39, 0.29) is 38.6 Å². The van der Waals surface area contributed by atoms with Crippen molar-refractivity contribution < 1.29 is 37.9 Å². The van der Waals surface area contributed by atoms with Gasteiger partial charge in [-0.2, -0.15) is 5.92 Å². The minimum Gasteiger partial charge on any atom is -0.447 e. The standard InChI is InChI=1S/C4H8NO.Y/c1-4(2)3-5-6;/h4,6H,1-2H3;/q-1;. The van der Waals surface area contributed by atoms with Gasteiger partial charge in [0.25, 0.3) is 0 Å². The molecule has 39 valence electrons. The Bertz CT molecular complexity index is 53.7. The second-order valence-corrected chi connectivity index (χ2v) is 1.38. The fourth-order valence-corrected chi connectivity index (χ4v) is 0.115. The molecule has 0 atom stereocenters. The first kappa shape index (κ1) is 10.5. The fraction of sp³-hybridized carbons (Fsp3) is 0.750. The summed E-state index contributed by atoms with van der Waals surface area (Å²) in [6.45, 7) is 3.78. The van der Waals surface area contributed by atoms with Gasteiger partial charge in [-0.25, -0.2) is 0 Å². The number of rotatable bonds is 1. The summed E-state index contributed by atoms with van der Waals surface area (Å²) < 4.78 is 0. The molecule has 0 saturated heterocycles. The summed E-state index contributed by atoms with van der Waals surface area (Å²) in [7, 11) is 0. The third kappa shape index (κ3) is 10.8. The van der Waals surface area contributed by atoms with Crippen LogP contribution in [0.1, 0.15) is 13.8 Å². The molecule has 1 radical (unpaired) electrons. The van der Waals surface area contributed by atoms with Gasteiger partial charge in [0.1, 0.15) is 0 Å². The first-order valence-corrected chi connectivity index (χ1v) is 1.87. The molecule has 0 unspecified atom stereocenters. The number of hydrogen-bond donors (Lipinski definition) is 1. The third-order valence-corrected chi connectivity index (χ3v) is 0.316. The largest absolute Gasteiger partial charge is 0.447 e. The maximum atomic E-state index is 7.75. The molecule has 0 saturated carbocycles. The van der Waals surface area contributed by atoms with Crippen LogP contribution in [0, 0.1) is 5.92 Å². The normalized spacial score (nSPS) is 9.57. The van der Waals surface area contributed by atoms with E-state index < -0.39 is 0 Å². The third-order valence-electron chi connectivity index (χ3n) is 0.316. The van der Waals surface area contributed by atoms with Crippen molar-refractivity contribution in [2.24, 2.45) is 11.1 Å². The summed E-state index contributed by atoms with van der Waals surface area (Å²) in [6, 6.07) is 0. The van der Waals surface area contributed by atoms with Gasteiger partial charge >= 0.3 is 0 Å². The van der Waals surface area contributed by atoms with Crippen molar-refractivity contribution in [3.63, 3.8) is 0 Å². The average molecular weight is 175 g/mol. The van der Waals surface area contributed by atoms with Gasteiger partial charge in [-0.15, -0.1) is 0 Å². The smallest absolute Gasteiger partial charge is 0 e. The van der Waals surface area contributed by atoms with E-state index >= 15 is 0 Å². The molecular weight excluding hydrogens is 167 g/mol. The van der Waals surface area contributed by atoms with Crippen LogP contribution in [0.15, 0.2) is 5.16 Å². The minimum absolute atomic E-state index is 0. The Balaban J connectivity index is 0. The van der Waals surface area contributed by atoms with Gasteiger partial charge in [0.15, 0.2) is 0 Å². The molecule has 2 nitrogen and oxygen atoms in total. The maximum absolute atomic E-state index is 7.75. The predicted octanol–water partition coefficient (Wildman–Crippen LogP) is 0.977. The molecule has 0 spiro atoms. The van der Waals surface area contributed by atoms with E-state index in [1.807, 2.05) is 13.8 Å². The molecule has 0 amide bonds. The van der Waals surface area contributed by atoms with Gasteiger partial charge in [0, 0.05) is 32.7 Å². The van der Waals surface area contributed by atoms with Crippen LogP contribution >= 0.6 is 0 Å². The molecular formula is C4H8NOY-. The summed E-state index contributed by atoms with van der Waals surface area (Å²) >= 11 is 0. The molecule has 3 heteroatoms. The molecule has 7 heavy (non-hydrogen) atoms. The van der Waals surface area contributed by atoms with Crippen LogP contribution in [0.5, 0.6) is 0 Å². The Morgan fingerprint density at radius 1 is 1.57 bits per heavy atom. The van der Waals surface area contributed by atoms with Crippen molar-refractivity contribution >= 4 is 6.21 Å². The van der Waals surface area contributed by atoms with E-state index in [2.05, 4.69) is 11.4 Å². The predicted molar refractivity (Wildman–Crippen MR) is 24.1 cm³/mol. The molecule has 0 aromatic heterocycles. The topological polar surface area (TPSA) is 32.6 Å². The molecule has 0 rings (SSSR count). The summed E-state index contributed by atoms with van der Waals surface area (Å²) in [5.41, 5.74) is 0. The van der Waals surface area contributed by atoms with E-state index in [0.29, 0.717) is 0 Å².